The van der Waals surface area contributed by atoms with Gasteiger partial charge in [-0.1, -0.05) is 152 Å². The highest BCUT2D eigenvalue weighted by molar-refractivity contribution is 6.32. The van der Waals surface area contributed by atoms with Gasteiger partial charge in [-0.2, -0.15) is 0 Å². The van der Waals surface area contributed by atoms with Gasteiger partial charge in [-0.3, -0.25) is 0 Å². The lowest BCUT2D eigenvalue weighted by atomic mass is 9.96. The van der Waals surface area contributed by atoms with E-state index in [0.717, 1.165) is 88.0 Å². The Kier molecular flexibility index (Phi) is 6.79. The molecular formula is C49H30N4O. The van der Waals surface area contributed by atoms with Crippen molar-refractivity contribution in [2.24, 2.45) is 0 Å². The lowest BCUT2D eigenvalue weighted by Gasteiger charge is -2.13. The minimum Gasteiger partial charge on any atom is -0.455 e. The molecule has 0 spiro atoms. The van der Waals surface area contributed by atoms with Crippen LogP contribution in [0.1, 0.15) is 0 Å². The van der Waals surface area contributed by atoms with Gasteiger partial charge in [0.05, 0.1) is 11.0 Å². The van der Waals surface area contributed by atoms with E-state index in [-0.39, 0.29) is 0 Å². The van der Waals surface area contributed by atoms with Gasteiger partial charge in [0, 0.05) is 54.9 Å². The molecule has 252 valence electrons. The zero-order valence-corrected chi connectivity index (χ0v) is 29.0. The maximum atomic E-state index is 7.14. The fraction of sp³-hybridized carbons (Fsp3) is 0. The number of hydrogen-bond donors (Lipinski definition) is 0. The Morgan fingerprint density at radius 1 is 0.352 bits per heavy atom. The van der Waals surface area contributed by atoms with Crippen LogP contribution in [0.15, 0.2) is 186 Å². The summed E-state index contributed by atoms with van der Waals surface area (Å²) in [7, 11) is 0. The third-order valence-electron chi connectivity index (χ3n) is 10.4. The van der Waals surface area contributed by atoms with Gasteiger partial charge in [0.2, 0.25) is 0 Å². The molecule has 5 nitrogen and oxygen atoms in total. The summed E-state index contributed by atoms with van der Waals surface area (Å²) >= 11 is 0. The Balaban J connectivity index is 1.32. The van der Waals surface area contributed by atoms with E-state index in [1.165, 1.54) is 0 Å². The molecule has 0 bridgehead atoms. The van der Waals surface area contributed by atoms with Crippen molar-refractivity contribution in [3.8, 4) is 51.0 Å². The van der Waals surface area contributed by atoms with E-state index in [4.69, 9.17) is 19.4 Å². The average Bonchev–Trinajstić information content (AvgIpc) is 3.80. The lowest BCUT2D eigenvalue weighted by Crippen LogP contribution is -2.01. The van der Waals surface area contributed by atoms with Crippen molar-refractivity contribution in [2.45, 2.75) is 0 Å². The predicted molar refractivity (Wildman–Crippen MR) is 221 cm³/mol. The molecule has 11 aromatic rings. The second-order valence-corrected chi connectivity index (χ2v) is 13.6. The van der Waals surface area contributed by atoms with Crippen LogP contribution >= 0.6 is 0 Å². The standard InChI is InChI=1S/C49H30N4O/c1-5-16-31(17-6-1)35-25-15-26-37-38-29-28-36-40(49-51-47(32-18-7-2-8-19-32)50-48(52-49)33-20-9-3-10-21-33)30-42-43(44(36)46(38)54-45(35)37)39-24-13-14-27-41(39)53(42)34-22-11-4-12-23-34/h1-30H. The summed E-state index contributed by atoms with van der Waals surface area (Å²) in [6.07, 6.45) is 0. The molecule has 5 heteroatoms. The highest BCUT2D eigenvalue weighted by Gasteiger charge is 2.24. The van der Waals surface area contributed by atoms with Crippen molar-refractivity contribution in [1.82, 2.24) is 19.5 Å². The molecule has 0 N–H and O–H groups in total. The third-order valence-corrected chi connectivity index (χ3v) is 10.4. The molecule has 8 aromatic carbocycles. The molecule has 11 rings (SSSR count). The Bertz CT molecular complexity index is 3130. The largest absolute Gasteiger partial charge is 0.455 e. The topological polar surface area (TPSA) is 56.7 Å². The van der Waals surface area contributed by atoms with E-state index in [9.17, 15) is 0 Å². The van der Waals surface area contributed by atoms with Gasteiger partial charge >= 0.3 is 0 Å². The summed E-state index contributed by atoms with van der Waals surface area (Å²) in [5.74, 6) is 1.84. The first-order valence-electron chi connectivity index (χ1n) is 18.1. The van der Waals surface area contributed by atoms with Crippen LogP contribution in [-0.4, -0.2) is 19.5 Å². The van der Waals surface area contributed by atoms with Crippen molar-refractivity contribution in [2.75, 3.05) is 0 Å². The van der Waals surface area contributed by atoms with E-state index in [1.54, 1.807) is 0 Å². The van der Waals surface area contributed by atoms with Crippen LogP contribution in [0.4, 0.5) is 0 Å². The molecule has 0 atom stereocenters. The zero-order chi connectivity index (χ0) is 35.6. The van der Waals surface area contributed by atoms with E-state index in [1.807, 2.05) is 66.7 Å². The monoisotopic (exact) mass is 690 g/mol. The number of nitrogens with zero attached hydrogens (tertiary/aromatic N) is 4. The molecule has 0 radical (unpaired) electrons. The predicted octanol–water partition coefficient (Wildman–Crippen LogP) is 12.7. The molecule has 54 heavy (non-hydrogen) atoms. The summed E-state index contributed by atoms with van der Waals surface area (Å²) in [5, 5.41) is 6.46. The number of fused-ring (bicyclic) bond motifs is 9. The van der Waals surface area contributed by atoms with Crippen molar-refractivity contribution >= 4 is 54.5 Å². The fourth-order valence-electron chi connectivity index (χ4n) is 8.02. The van der Waals surface area contributed by atoms with Crippen molar-refractivity contribution < 1.29 is 4.42 Å². The zero-order valence-electron chi connectivity index (χ0n) is 29.0. The highest BCUT2D eigenvalue weighted by Crippen LogP contribution is 2.46. The number of furan rings is 1. The van der Waals surface area contributed by atoms with Gasteiger partial charge in [0.15, 0.2) is 17.5 Å². The molecule has 3 heterocycles. The Morgan fingerprint density at radius 2 is 0.889 bits per heavy atom. The molecule has 0 saturated heterocycles. The number of para-hydroxylation sites is 3. The molecule has 3 aromatic heterocycles. The average molecular weight is 691 g/mol. The fourth-order valence-corrected chi connectivity index (χ4v) is 8.02. The van der Waals surface area contributed by atoms with Crippen LogP contribution in [0.3, 0.4) is 0 Å². The number of rotatable bonds is 5. The SMILES string of the molecule is c1ccc(-c2nc(-c3ccccc3)nc(-c3cc4c(c5ccccc5n4-c4ccccc4)c4c3ccc3c5cccc(-c6ccccc6)c5oc34)n2)cc1. The first-order chi connectivity index (χ1) is 26.8. The summed E-state index contributed by atoms with van der Waals surface area (Å²) in [5.41, 5.74) is 9.88. The third kappa shape index (κ3) is 4.69. The molecule has 0 aliphatic carbocycles. The van der Waals surface area contributed by atoms with Crippen molar-refractivity contribution in [3.05, 3.63) is 182 Å². The van der Waals surface area contributed by atoms with Crippen LogP contribution in [0.25, 0.3) is 105 Å². The van der Waals surface area contributed by atoms with E-state index in [2.05, 4.69) is 120 Å². The van der Waals surface area contributed by atoms with Crippen LogP contribution in [-0.2, 0) is 0 Å². The molecule has 0 amide bonds. The van der Waals surface area contributed by atoms with Gasteiger partial charge in [-0.05, 0) is 41.3 Å². The lowest BCUT2D eigenvalue weighted by molar-refractivity contribution is 0.674. The number of aromatic nitrogens is 4. The van der Waals surface area contributed by atoms with Gasteiger partial charge in [-0.15, -0.1) is 0 Å². The Hall–Kier alpha value is -7.37. The van der Waals surface area contributed by atoms with Crippen molar-refractivity contribution in [1.29, 1.82) is 0 Å². The first kappa shape index (κ1) is 30.3. The van der Waals surface area contributed by atoms with Crippen LogP contribution < -0.4 is 0 Å². The number of benzene rings is 8. The normalized spacial score (nSPS) is 11.7. The quantitative estimate of drug-likeness (QED) is 0.180. The molecule has 0 fully saturated rings. The van der Waals surface area contributed by atoms with Crippen LogP contribution in [0.2, 0.25) is 0 Å². The van der Waals surface area contributed by atoms with E-state index < -0.39 is 0 Å². The molecule has 0 unspecified atom stereocenters. The minimum atomic E-state index is 0.597. The minimum absolute atomic E-state index is 0.597. The van der Waals surface area contributed by atoms with Crippen LogP contribution in [0, 0.1) is 0 Å². The summed E-state index contributed by atoms with van der Waals surface area (Å²) < 4.78 is 9.49. The summed E-state index contributed by atoms with van der Waals surface area (Å²) in [4.78, 5) is 15.5. The van der Waals surface area contributed by atoms with E-state index >= 15 is 0 Å². The second kappa shape index (κ2) is 12.1. The maximum Gasteiger partial charge on any atom is 0.164 e. The first-order valence-corrected chi connectivity index (χ1v) is 18.1. The molecule has 0 aliphatic heterocycles. The molecule has 0 saturated carbocycles. The Labute approximate surface area is 310 Å². The van der Waals surface area contributed by atoms with Crippen LogP contribution in [0.5, 0.6) is 0 Å². The summed E-state index contributed by atoms with van der Waals surface area (Å²) in [6, 6.07) is 63.0. The maximum absolute atomic E-state index is 7.14. The second-order valence-electron chi connectivity index (χ2n) is 13.6. The smallest absolute Gasteiger partial charge is 0.164 e. The molecule has 0 aliphatic rings. The summed E-state index contributed by atoms with van der Waals surface area (Å²) in [6.45, 7) is 0. The van der Waals surface area contributed by atoms with E-state index in [0.29, 0.717) is 17.5 Å². The van der Waals surface area contributed by atoms with Crippen molar-refractivity contribution in [3.63, 3.8) is 0 Å². The van der Waals surface area contributed by atoms with Gasteiger partial charge in [0.1, 0.15) is 11.2 Å². The van der Waals surface area contributed by atoms with Gasteiger partial charge < -0.3 is 8.98 Å². The molecular weight excluding hydrogens is 661 g/mol. The van der Waals surface area contributed by atoms with Gasteiger partial charge in [-0.25, -0.2) is 15.0 Å². The highest BCUT2D eigenvalue weighted by atomic mass is 16.3. The number of hydrogen-bond acceptors (Lipinski definition) is 4. The Morgan fingerprint density at radius 3 is 1.57 bits per heavy atom. The van der Waals surface area contributed by atoms with Gasteiger partial charge in [0.25, 0.3) is 0 Å².